The third-order valence-corrected chi connectivity index (χ3v) is 16.9. The van der Waals surface area contributed by atoms with Gasteiger partial charge in [-0.15, -0.1) is 0 Å². The summed E-state index contributed by atoms with van der Waals surface area (Å²) >= 11 is 0. The maximum atomic E-state index is 12.2. The molecule has 2 aromatic rings. The van der Waals surface area contributed by atoms with Crippen LogP contribution in [0.5, 0.6) is 5.75 Å². The fraction of sp³-hybridized carbons (Fsp3) is 0.745. The van der Waals surface area contributed by atoms with E-state index in [4.69, 9.17) is 14.2 Å². The van der Waals surface area contributed by atoms with E-state index >= 15 is 0 Å². The number of nitro benzene ring substituents is 2. The Kier molecular flexibility index (Phi) is 27.1. The van der Waals surface area contributed by atoms with Crippen LogP contribution in [0.2, 0.25) is 0 Å². The molecular weight excluding hydrogens is 1040 g/mol. The van der Waals surface area contributed by atoms with Gasteiger partial charge in [0.05, 0.1) is 35.4 Å². The monoisotopic (exact) mass is 1130 g/mol. The summed E-state index contributed by atoms with van der Waals surface area (Å²) in [7, 11) is 0. The van der Waals surface area contributed by atoms with E-state index in [2.05, 4.69) is 17.6 Å². The van der Waals surface area contributed by atoms with Gasteiger partial charge >= 0.3 is 29.6 Å². The molecule has 2 aromatic carbocycles. The van der Waals surface area contributed by atoms with Crippen LogP contribution in [0.3, 0.4) is 0 Å². The van der Waals surface area contributed by atoms with Gasteiger partial charge in [0.15, 0.2) is 11.6 Å². The van der Waals surface area contributed by atoms with Crippen molar-refractivity contribution in [3.63, 3.8) is 0 Å². The fourth-order valence-electron chi connectivity index (χ4n) is 9.52. The summed E-state index contributed by atoms with van der Waals surface area (Å²) in [5.74, 6) is -5.19. The molecule has 79 heavy (non-hydrogen) atoms. The Morgan fingerprint density at radius 1 is 0.608 bits per heavy atom. The standard InChI is InChI=1S/C22H34N2O9.C22H36N2O4.C11H22O6.Na/c1-7-17(26)23-16-12-15(24(30)31)9-8-14(16)10-11-32-22(6)21(5,29)20(4,28)19(3,27)18(2,13-25)33-22;1-3-4-5-6-7-8-9-10-11-12-13-14-18(2)22(26)23-20-17-19(24(27)28)15-16-21(20)25;1-7(6-12)8(2,13)9(3,14)10(4,15)11(5,16)17-7;/h8-9,12,25,27-29H,7,10-11,13H2,1-6H3,(H,23,26);15-18,25H,3-14H2,1-2H3,(H,23,26);12-16H,6H2,1-5H3;/q;;;+1/p-1/t18?,19-,20?,21-,22+;;7?,8-,9+,10?,11-;/m0.0./s1. The first-order chi connectivity index (χ1) is 35.7. The minimum atomic E-state index is -2.15. The van der Waals surface area contributed by atoms with Crippen molar-refractivity contribution in [2.45, 2.75) is 236 Å². The molecule has 2 aliphatic rings. The number of aliphatic hydroxyl groups excluding tert-OH is 2. The van der Waals surface area contributed by atoms with Gasteiger partial charge in [0.2, 0.25) is 11.8 Å². The predicted octanol–water partition coefficient (Wildman–Crippen LogP) is 2.93. The molecule has 2 heterocycles. The number of amides is 2. The minimum Gasteiger partial charge on any atom is -0.871 e. The second-order valence-corrected chi connectivity index (χ2v) is 22.6. The molecule has 0 aliphatic carbocycles. The van der Waals surface area contributed by atoms with Crippen LogP contribution in [0.15, 0.2) is 36.4 Å². The first-order valence-corrected chi connectivity index (χ1v) is 26.9. The van der Waals surface area contributed by atoms with E-state index < -0.39 is 85.2 Å². The molecule has 24 heteroatoms. The van der Waals surface area contributed by atoms with Gasteiger partial charge in [-0.3, -0.25) is 29.8 Å². The first-order valence-electron chi connectivity index (χ1n) is 26.9. The molecule has 446 valence electrons. The molecule has 4 rings (SSSR count). The molecular formula is C55H91N4NaO19. The number of hydrogen-bond donors (Lipinski definition) is 11. The number of nitro groups is 2. The maximum absolute atomic E-state index is 12.2. The van der Waals surface area contributed by atoms with Crippen LogP contribution in [0.4, 0.5) is 22.7 Å². The number of carbonyl (C=O) groups excluding carboxylic acids is 2. The zero-order chi connectivity index (χ0) is 60.1. The number of carbonyl (C=O) groups is 2. The van der Waals surface area contributed by atoms with Crippen molar-refractivity contribution >= 4 is 34.6 Å². The largest absolute Gasteiger partial charge is 1.00 e. The molecule has 2 fully saturated rings. The Morgan fingerprint density at radius 2 is 1.04 bits per heavy atom. The van der Waals surface area contributed by atoms with E-state index in [9.17, 15) is 80.9 Å². The zero-order valence-electron chi connectivity index (χ0n) is 49.1. The number of anilines is 2. The Hall–Kier alpha value is -3.50. The fourth-order valence-corrected chi connectivity index (χ4v) is 9.52. The number of non-ortho nitro benzene ring substituents is 2. The quantitative estimate of drug-likeness (QED) is 0.0311. The topological polar surface area (TPSA) is 377 Å². The third-order valence-electron chi connectivity index (χ3n) is 16.9. The van der Waals surface area contributed by atoms with E-state index in [1.54, 1.807) is 6.92 Å². The van der Waals surface area contributed by atoms with Crippen LogP contribution in [0.1, 0.15) is 179 Å². The molecule has 5 unspecified atom stereocenters. The molecule has 11 N–H and O–H groups in total. The van der Waals surface area contributed by atoms with E-state index in [-0.39, 0.29) is 89.5 Å². The summed E-state index contributed by atoms with van der Waals surface area (Å²) in [6, 6.07) is 7.43. The van der Waals surface area contributed by atoms with Crippen molar-refractivity contribution in [1.82, 2.24) is 0 Å². The average Bonchev–Trinajstić information content (AvgIpc) is 3.35. The zero-order valence-corrected chi connectivity index (χ0v) is 51.1. The molecule has 2 aliphatic heterocycles. The Labute approximate surface area is 487 Å². The van der Waals surface area contributed by atoms with Gasteiger partial charge in [-0.25, -0.2) is 0 Å². The second-order valence-electron chi connectivity index (χ2n) is 22.6. The minimum absolute atomic E-state index is 0. The van der Waals surface area contributed by atoms with Gasteiger partial charge in [0.25, 0.3) is 11.4 Å². The molecule has 0 aromatic heterocycles. The Bertz CT molecular complexity index is 2330. The van der Waals surface area contributed by atoms with Gasteiger partial charge in [-0.1, -0.05) is 109 Å². The van der Waals surface area contributed by atoms with Crippen molar-refractivity contribution in [2.75, 3.05) is 30.5 Å². The smallest absolute Gasteiger partial charge is 0.871 e. The second kappa shape index (κ2) is 29.2. The molecule has 11 atom stereocenters. The summed E-state index contributed by atoms with van der Waals surface area (Å²) in [6.07, 6.45) is 15.0. The summed E-state index contributed by atoms with van der Waals surface area (Å²) in [5.41, 5.74) is -15.4. The van der Waals surface area contributed by atoms with Crippen molar-refractivity contribution in [1.29, 1.82) is 0 Å². The number of nitrogens with zero attached hydrogens (tertiary/aromatic N) is 2. The molecule has 0 bridgehead atoms. The first kappa shape index (κ1) is 73.5. The SMILES string of the molecule is CC1(CO)O[C@](C)(O)C(C)(O)[C@](C)(O)[C@@]1(C)O.CCC(=O)Nc1cc([N+](=O)[O-])ccc1CCO[C@]1(C)OC(C)(CO)[C@](C)(O)C(C)(O)[C@]1(C)O.CCCCCCCCCCCCCC(C)C(=O)Nc1cc([N+](=O)[O-])ccc1[O-].[Na+]. The number of benzene rings is 2. The normalized spacial score (nSPS) is 32.4. The number of rotatable bonds is 24. The average molecular weight is 1140 g/mol. The molecule has 0 radical (unpaired) electrons. The number of aliphatic hydroxyl groups is 9. The van der Waals surface area contributed by atoms with Gasteiger partial charge < -0.3 is 75.9 Å². The predicted molar refractivity (Wildman–Crippen MR) is 289 cm³/mol. The summed E-state index contributed by atoms with van der Waals surface area (Å²) in [5, 5.41) is 132. The van der Waals surface area contributed by atoms with Crippen molar-refractivity contribution in [3.8, 4) is 5.75 Å². The van der Waals surface area contributed by atoms with Crippen molar-refractivity contribution in [3.05, 3.63) is 62.2 Å². The summed E-state index contributed by atoms with van der Waals surface area (Å²) in [6.45, 7) is 17.0. The van der Waals surface area contributed by atoms with Crippen LogP contribution in [-0.2, 0) is 30.2 Å². The van der Waals surface area contributed by atoms with Crippen LogP contribution in [0.25, 0.3) is 0 Å². The molecule has 23 nitrogen and oxygen atoms in total. The maximum Gasteiger partial charge on any atom is 1.00 e. The number of hydrogen-bond acceptors (Lipinski definition) is 19. The summed E-state index contributed by atoms with van der Waals surface area (Å²) < 4.78 is 17.0. The van der Waals surface area contributed by atoms with Crippen LogP contribution in [-0.4, -0.2) is 144 Å². The van der Waals surface area contributed by atoms with E-state index in [1.807, 2.05) is 6.92 Å². The molecule has 0 saturated carbocycles. The number of nitrogens with one attached hydrogen (secondary N) is 2. The van der Waals surface area contributed by atoms with Crippen LogP contribution in [0, 0.1) is 26.1 Å². The summed E-state index contributed by atoms with van der Waals surface area (Å²) in [4.78, 5) is 44.9. The van der Waals surface area contributed by atoms with E-state index in [0.717, 1.165) is 37.5 Å². The molecule has 2 saturated heterocycles. The van der Waals surface area contributed by atoms with Gasteiger partial charge in [0, 0.05) is 42.3 Å². The van der Waals surface area contributed by atoms with E-state index in [0.29, 0.717) is 5.56 Å². The van der Waals surface area contributed by atoms with Gasteiger partial charge in [0.1, 0.15) is 44.8 Å². The van der Waals surface area contributed by atoms with E-state index in [1.165, 1.54) is 145 Å². The number of ether oxygens (including phenoxy) is 3. The van der Waals surface area contributed by atoms with Crippen LogP contribution >= 0.6 is 0 Å². The Balaban J connectivity index is 0.000000617. The van der Waals surface area contributed by atoms with Crippen molar-refractivity contribution in [2.24, 2.45) is 5.92 Å². The van der Waals surface area contributed by atoms with Crippen molar-refractivity contribution < 1.29 is 114 Å². The Morgan fingerprint density at radius 3 is 1.49 bits per heavy atom. The van der Waals surface area contributed by atoms with Gasteiger partial charge in [-0.05, 0) is 87.6 Å². The molecule has 0 spiro atoms. The number of unbranched alkanes of at least 4 members (excludes halogenated alkanes) is 10. The third kappa shape index (κ3) is 16.4. The van der Waals surface area contributed by atoms with Crippen LogP contribution < -0.4 is 45.3 Å². The van der Waals surface area contributed by atoms with Gasteiger partial charge in [-0.2, -0.15) is 0 Å². The molecule has 2 amide bonds.